The monoisotopic (exact) mass is 479 g/mol. The Morgan fingerprint density at radius 2 is 1.76 bits per heavy atom. The molecule has 33 heavy (non-hydrogen) atoms. The van der Waals surface area contributed by atoms with Crippen molar-refractivity contribution < 1.29 is 18.3 Å². The Morgan fingerprint density at radius 3 is 2.33 bits per heavy atom. The second kappa shape index (κ2) is 9.05. The van der Waals surface area contributed by atoms with Gasteiger partial charge in [-0.25, -0.2) is 18.2 Å². The molecule has 0 amide bonds. The molecule has 0 saturated heterocycles. The molecule has 7 nitrogen and oxygen atoms in total. The molecule has 0 radical (unpaired) electrons. The third kappa shape index (κ3) is 5.21. The summed E-state index contributed by atoms with van der Waals surface area (Å²) in [5.41, 5.74) is 5.13. The minimum absolute atomic E-state index is 0.459. The third-order valence-corrected chi connectivity index (χ3v) is 6.51. The van der Waals surface area contributed by atoms with E-state index in [-0.39, 0.29) is 0 Å². The number of imidazole rings is 1. The highest BCUT2D eigenvalue weighted by molar-refractivity contribution is 7.92. The van der Waals surface area contributed by atoms with Crippen molar-refractivity contribution in [3.05, 3.63) is 83.1 Å². The Balaban J connectivity index is 1.76. The molecule has 2 heterocycles. The first kappa shape index (κ1) is 22.5. The number of benzene rings is 2. The summed E-state index contributed by atoms with van der Waals surface area (Å²) in [5.74, 6) is -0.133. The van der Waals surface area contributed by atoms with E-state index in [0.717, 1.165) is 51.0 Å². The van der Waals surface area contributed by atoms with Gasteiger partial charge in [0.2, 0.25) is 10.0 Å². The molecule has 0 unspecified atom stereocenters. The van der Waals surface area contributed by atoms with Crippen LogP contribution in [0.5, 0.6) is 0 Å². The van der Waals surface area contributed by atoms with Gasteiger partial charge in [0.25, 0.3) is 0 Å². The Labute approximate surface area is 195 Å². The number of carboxylic acids is 1. The number of aromatic nitrogens is 2. The van der Waals surface area contributed by atoms with E-state index in [2.05, 4.69) is 9.71 Å². The van der Waals surface area contributed by atoms with Crippen molar-refractivity contribution in [1.82, 2.24) is 9.55 Å². The standard InChI is InChI=1S/C24H21N3O4S2/c1-16-25-13-14-27(16)20-9-5-17(6-10-20)21-15-32-22(11-12-23(28)29)24(21)18-3-7-19(8-4-18)26-33(2,30)31/h3-15,26H,1-2H3,(H,28,29)/b12-11+. The van der Waals surface area contributed by atoms with Crippen LogP contribution in [0, 0.1) is 6.92 Å². The van der Waals surface area contributed by atoms with Gasteiger partial charge in [-0.1, -0.05) is 24.3 Å². The first-order valence-corrected chi connectivity index (χ1v) is 12.7. The minimum atomic E-state index is -3.38. The maximum Gasteiger partial charge on any atom is 0.328 e. The molecule has 0 atom stereocenters. The molecule has 0 saturated carbocycles. The molecule has 2 N–H and O–H groups in total. The van der Waals surface area contributed by atoms with Gasteiger partial charge >= 0.3 is 5.97 Å². The molecule has 4 rings (SSSR count). The lowest BCUT2D eigenvalue weighted by Gasteiger charge is -2.10. The maximum absolute atomic E-state index is 11.5. The van der Waals surface area contributed by atoms with Gasteiger partial charge in [-0.15, -0.1) is 11.3 Å². The predicted molar refractivity (Wildman–Crippen MR) is 132 cm³/mol. The van der Waals surface area contributed by atoms with Gasteiger partial charge in [0, 0.05) is 45.8 Å². The number of hydrogen-bond donors (Lipinski definition) is 2. The summed E-state index contributed by atoms with van der Waals surface area (Å²) in [6, 6.07) is 15.1. The van der Waals surface area contributed by atoms with Crippen molar-refractivity contribution >= 4 is 39.1 Å². The molecule has 168 valence electrons. The summed E-state index contributed by atoms with van der Waals surface area (Å²) in [7, 11) is -3.38. The van der Waals surface area contributed by atoms with Gasteiger partial charge in [0.15, 0.2) is 0 Å². The molecule has 0 aliphatic rings. The number of aryl methyl sites for hydroxylation is 1. The number of carboxylic acid groups (broad SMARTS) is 1. The number of rotatable bonds is 7. The zero-order valence-corrected chi connectivity index (χ0v) is 19.5. The number of carbonyl (C=O) groups is 1. The van der Waals surface area contributed by atoms with Crippen molar-refractivity contribution in [2.75, 3.05) is 11.0 Å². The fraction of sp³-hybridized carbons (Fsp3) is 0.0833. The van der Waals surface area contributed by atoms with E-state index < -0.39 is 16.0 Å². The van der Waals surface area contributed by atoms with Crippen molar-refractivity contribution in [3.63, 3.8) is 0 Å². The summed E-state index contributed by atoms with van der Waals surface area (Å²) < 4.78 is 27.5. The number of anilines is 1. The van der Waals surface area contributed by atoms with Crippen LogP contribution in [-0.2, 0) is 14.8 Å². The Hall–Kier alpha value is -3.69. The van der Waals surface area contributed by atoms with Crippen LogP contribution in [0.3, 0.4) is 0 Å². The Morgan fingerprint density at radius 1 is 1.09 bits per heavy atom. The van der Waals surface area contributed by atoms with E-state index in [1.54, 1.807) is 24.4 Å². The van der Waals surface area contributed by atoms with Gasteiger partial charge in [-0.2, -0.15) is 0 Å². The fourth-order valence-corrected chi connectivity index (χ4v) is 5.08. The smallest absolute Gasteiger partial charge is 0.328 e. The van der Waals surface area contributed by atoms with E-state index in [1.165, 1.54) is 11.3 Å². The maximum atomic E-state index is 11.5. The van der Waals surface area contributed by atoms with Crippen LogP contribution in [-0.4, -0.2) is 35.3 Å². The number of aliphatic carboxylic acids is 1. The highest BCUT2D eigenvalue weighted by atomic mass is 32.2. The summed E-state index contributed by atoms with van der Waals surface area (Å²) in [6.07, 6.45) is 7.45. The van der Waals surface area contributed by atoms with Gasteiger partial charge < -0.3 is 9.67 Å². The number of nitrogens with one attached hydrogen (secondary N) is 1. The average Bonchev–Trinajstić information content (AvgIpc) is 3.38. The van der Waals surface area contributed by atoms with Crippen LogP contribution in [0.1, 0.15) is 10.7 Å². The molecular formula is C24H21N3O4S2. The number of sulfonamides is 1. The molecule has 9 heteroatoms. The Kier molecular flexibility index (Phi) is 6.17. The van der Waals surface area contributed by atoms with E-state index in [0.29, 0.717) is 5.69 Å². The van der Waals surface area contributed by atoms with Crippen LogP contribution in [0.15, 0.2) is 72.4 Å². The van der Waals surface area contributed by atoms with Crippen molar-refractivity contribution in [3.8, 4) is 27.9 Å². The van der Waals surface area contributed by atoms with Crippen molar-refractivity contribution in [1.29, 1.82) is 0 Å². The first-order chi connectivity index (χ1) is 15.7. The SMILES string of the molecule is Cc1nccn1-c1ccc(-c2csc(/C=C/C(=O)O)c2-c2ccc(NS(C)(=O)=O)cc2)cc1. The zero-order chi connectivity index (χ0) is 23.6. The predicted octanol–water partition coefficient (Wildman–Crippen LogP) is 5.05. The fourth-order valence-electron chi connectivity index (χ4n) is 3.52. The largest absolute Gasteiger partial charge is 0.478 e. The van der Waals surface area contributed by atoms with Crippen LogP contribution in [0.2, 0.25) is 0 Å². The van der Waals surface area contributed by atoms with Crippen LogP contribution in [0.25, 0.3) is 34.0 Å². The summed E-state index contributed by atoms with van der Waals surface area (Å²) in [5, 5.41) is 11.1. The molecule has 2 aromatic heterocycles. The van der Waals surface area contributed by atoms with Crippen LogP contribution >= 0.6 is 11.3 Å². The van der Waals surface area contributed by atoms with E-state index in [1.807, 2.05) is 59.5 Å². The lowest BCUT2D eigenvalue weighted by molar-refractivity contribution is -0.131. The molecular weight excluding hydrogens is 458 g/mol. The van der Waals surface area contributed by atoms with Gasteiger partial charge in [-0.3, -0.25) is 4.72 Å². The van der Waals surface area contributed by atoms with E-state index in [4.69, 9.17) is 5.11 Å². The molecule has 0 fully saturated rings. The van der Waals surface area contributed by atoms with Gasteiger partial charge in [0.1, 0.15) is 5.82 Å². The van der Waals surface area contributed by atoms with Crippen LogP contribution in [0.4, 0.5) is 5.69 Å². The van der Waals surface area contributed by atoms with Crippen LogP contribution < -0.4 is 4.72 Å². The third-order valence-electron chi connectivity index (χ3n) is 4.96. The highest BCUT2D eigenvalue weighted by Crippen LogP contribution is 2.40. The Bertz CT molecular complexity index is 1430. The van der Waals surface area contributed by atoms with Crippen molar-refractivity contribution in [2.45, 2.75) is 6.92 Å². The second-order valence-electron chi connectivity index (χ2n) is 7.40. The summed E-state index contributed by atoms with van der Waals surface area (Å²) >= 11 is 1.45. The average molecular weight is 480 g/mol. The normalized spacial score (nSPS) is 11.7. The quantitative estimate of drug-likeness (QED) is 0.362. The summed E-state index contributed by atoms with van der Waals surface area (Å²) in [6.45, 7) is 1.94. The highest BCUT2D eigenvalue weighted by Gasteiger charge is 2.15. The lowest BCUT2D eigenvalue weighted by atomic mass is 9.96. The van der Waals surface area contributed by atoms with Gasteiger partial charge in [0.05, 0.1) is 6.26 Å². The van der Waals surface area contributed by atoms with E-state index >= 15 is 0 Å². The first-order valence-electron chi connectivity index (χ1n) is 9.93. The second-order valence-corrected chi connectivity index (χ2v) is 10.1. The molecule has 0 bridgehead atoms. The summed E-state index contributed by atoms with van der Waals surface area (Å²) in [4.78, 5) is 16.2. The lowest BCUT2D eigenvalue weighted by Crippen LogP contribution is -2.09. The number of nitrogens with zero attached hydrogens (tertiary/aromatic N) is 2. The molecule has 0 spiro atoms. The number of thiophene rings is 1. The number of hydrogen-bond acceptors (Lipinski definition) is 5. The molecule has 4 aromatic rings. The van der Waals surface area contributed by atoms with Gasteiger partial charge in [-0.05, 0) is 53.8 Å². The van der Waals surface area contributed by atoms with E-state index in [9.17, 15) is 13.2 Å². The molecule has 2 aromatic carbocycles. The zero-order valence-electron chi connectivity index (χ0n) is 17.9. The minimum Gasteiger partial charge on any atom is -0.478 e. The molecule has 0 aliphatic carbocycles. The topological polar surface area (TPSA) is 101 Å². The van der Waals surface area contributed by atoms with Crippen molar-refractivity contribution in [2.24, 2.45) is 0 Å². The molecule has 0 aliphatic heterocycles.